The zero-order chi connectivity index (χ0) is 14.5. The van der Waals surface area contributed by atoms with E-state index >= 15 is 0 Å². The number of carbonyl (C=O) groups is 1. The van der Waals surface area contributed by atoms with Crippen molar-refractivity contribution >= 4 is 5.91 Å². The second-order valence-corrected chi connectivity index (χ2v) is 5.51. The molecule has 0 aliphatic heterocycles. The number of rotatable bonds is 6. The van der Waals surface area contributed by atoms with Gasteiger partial charge < -0.3 is 10.4 Å². The molecule has 0 radical (unpaired) electrons. The van der Waals surface area contributed by atoms with Gasteiger partial charge in [-0.15, -0.1) is 0 Å². The smallest absolute Gasteiger partial charge is 0.227 e. The third kappa shape index (κ3) is 4.35. The topological polar surface area (TPSA) is 49.3 Å². The summed E-state index contributed by atoms with van der Waals surface area (Å²) in [5.74, 6) is -0.159. The van der Waals surface area contributed by atoms with Crippen molar-refractivity contribution in [2.75, 3.05) is 6.61 Å². The number of aliphatic hydroxyl groups excluding tert-OH is 1. The molecule has 3 heteroatoms. The molecule has 0 saturated heterocycles. The van der Waals surface area contributed by atoms with Crippen LogP contribution in [0.5, 0.6) is 0 Å². The van der Waals surface area contributed by atoms with E-state index < -0.39 is 0 Å². The molecular weight excluding hydrogens is 238 g/mol. The Hall–Kier alpha value is -1.35. The summed E-state index contributed by atoms with van der Waals surface area (Å²) in [6.45, 7) is 8.02. The second-order valence-electron chi connectivity index (χ2n) is 5.51. The Morgan fingerprint density at radius 3 is 2.68 bits per heavy atom. The number of aliphatic hydroxyl groups is 1. The van der Waals surface area contributed by atoms with Gasteiger partial charge in [0.2, 0.25) is 5.91 Å². The van der Waals surface area contributed by atoms with Crippen LogP contribution in [0.4, 0.5) is 0 Å². The van der Waals surface area contributed by atoms with E-state index in [0.29, 0.717) is 6.42 Å². The minimum absolute atomic E-state index is 0.0170. The first-order chi connectivity index (χ1) is 8.91. The summed E-state index contributed by atoms with van der Waals surface area (Å²) < 4.78 is 0. The van der Waals surface area contributed by atoms with E-state index in [1.807, 2.05) is 52.0 Å². The second kappa shape index (κ2) is 6.71. The molecule has 0 aliphatic rings. The lowest BCUT2D eigenvalue weighted by Crippen LogP contribution is -2.47. The fourth-order valence-corrected chi connectivity index (χ4v) is 2.07. The maximum absolute atomic E-state index is 12.3. The molecule has 1 rings (SSSR count). The molecule has 0 fully saturated rings. The molecule has 0 aliphatic carbocycles. The molecule has 1 amide bonds. The van der Waals surface area contributed by atoms with Crippen molar-refractivity contribution in [3.05, 3.63) is 35.4 Å². The minimum Gasteiger partial charge on any atom is -0.396 e. The quantitative estimate of drug-likeness (QED) is 0.829. The Bertz CT molecular complexity index is 431. The Labute approximate surface area is 116 Å². The number of hydrogen-bond acceptors (Lipinski definition) is 2. The number of carbonyl (C=O) groups excluding carboxylic acids is 1. The van der Waals surface area contributed by atoms with Gasteiger partial charge in [-0.1, -0.05) is 36.8 Å². The Kier molecular flexibility index (Phi) is 5.55. The summed E-state index contributed by atoms with van der Waals surface area (Å²) in [7, 11) is 0. The lowest BCUT2D eigenvalue weighted by atomic mass is 9.92. The molecule has 1 aromatic carbocycles. The highest BCUT2D eigenvalue weighted by Crippen LogP contribution is 2.20. The summed E-state index contributed by atoms with van der Waals surface area (Å²) in [5, 5.41) is 12.1. The molecule has 19 heavy (non-hydrogen) atoms. The first-order valence-corrected chi connectivity index (χ1v) is 6.91. The summed E-state index contributed by atoms with van der Waals surface area (Å²) in [5.41, 5.74) is 1.86. The molecule has 106 valence electrons. The van der Waals surface area contributed by atoms with E-state index in [1.165, 1.54) is 0 Å². The fraction of sp³-hybridized carbons (Fsp3) is 0.562. The van der Waals surface area contributed by atoms with E-state index in [1.54, 1.807) is 0 Å². The van der Waals surface area contributed by atoms with E-state index in [9.17, 15) is 4.79 Å². The van der Waals surface area contributed by atoms with Crippen molar-refractivity contribution in [3.63, 3.8) is 0 Å². The van der Waals surface area contributed by atoms with Crippen LogP contribution < -0.4 is 5.32 Å². The summed E-state index contributed by atoms with van der Waals surface area (Å²) >= 11 is 0. The molecule has 0 heterocycles. The molecule has 2 unspecified atom stereocenters. The molecule has 0 aromatic heterocycles. The van der Waals surface area contributed by atoms with E-state index in [2.05, 4.69) is 5.32 Å². The zero-order valence-electron chi connectivity index (χ0n) is 12.4. The standard InChI is InChI=1S/C16H25NO2/c1-5-16(4,9-10-18)17-15(19)13(3)14-8-6-7-12(2)11-14/h6-8,11,13,18H,5,9-10H2,1-4H3,(H,17,19). The summed E-state index contributed by atoms with van der Waals surface area (Å²) in [6, 6.07) is 8.02. The highest BCUT2D eigenvalue weighted by molar-refractivity contribution is 5.83. The van der Waals surface area contributed by atoms with Gasteiger partial charge in [0.1, 0.15) is 0 Å². The number of amides is 1. The van der Waals surface area contributed by atoms with Crippen LogP contribution in [0.15, 0.2) is 24.3 Å². The molecule has 2 N–H and O–H groups in total. The first kappa shape index (κ1) is 15.7. The van der Waals surface area contributed by atoms with Crippen LogP contribution in [-0.4, -0.2) is 23.2 Å². The highest BCUT2D eigenvalue weighted by atomic mass is 16.3. The van der Waals surface area contributed by atoms with Crippen molar-refractivity contribution in [2.24, 2.45) is 0 Å². The Balaban J connectivity index is 2.77. The van der Waals surface area contributed by atoms with Gasteiger partial charge in [-0.2, -0.15) is 0 Å². The van der Waals surface area contributed by atoms with Crippen molar-refractivity contribution in [2.45, 2.75) is 52.0 Å². The molecule has 2 atom stereocenters. The average Bonchev–Trinajstić information content (AvgIpc) is 2.38. The number of benzene rings is 1. The molecule has 0 spiro atoms. The van der Waals surface area contributed by atoms with Crippen molar-refractivity contribution in [1.29, 1.82) is 0 Å². The molecule has 1 aromatic rings. The van der Waals surface area contributed by atoms with Gasteiger partial charge in [0.15, 0.2) is 0 Å². The van der Waals surface area contributed by atoms with Crippen LogP contribution in [0.3, 0.4) is 0 Å². The van der Waals surface area contributed by atoms with Gasteiger partial charge >= 0.3 is 0 Å². The zero-order valence-corrected chi connectivity index (χ0v) is 12.4. The van der Waals surface area contributed by atoms with Gasteiger partial charge in [-0.3, -0.25) is 4.79 Å². The number of hydrogen-bond donors (Lipinski definition) is 2. The van der Waals surface area contributed by atoms with Crippen LogP contribution in [0.2, 0.25) is 0 Å². The van der Waals surface area contributed by atoms with Gasteiger partial charge in [0, 0.05) is 12.1 Å². The van der Waals surface area contributed by atoms with E-state index in [4.69, 9.17) is 5.11 Å². The van der Waals surface area contributed by atoms with E-state index in [-0.39, 0.29) is 24.0 Å². The SMILES string of the molecule is CCC(C)(CCO)NC(=O)C(C)c1cccc(C)c1. The average molecular weight is 263 g/mol. The van der Waals surface area contributed by atoms with Crippen LogP contribution in [0, 0.1) is 6.92 Å². The van der Waals surface area contributed by atoms with Crippen molar-refractivity contribution in [1.82, 2.24) is 5.32 Å². The van der Waals surface area contributed by atoms with Gasteiger partial charge in [-0.05, 0) is 39.2 Å². The summed E-state index contributed by atoms with van der Waals surface area (Å²) in [6.07, 6.45) is 1.38. The fourth-order valence-electron chi connectivity index (χ4n) is 2.07. The van der Waals surface area contributed by atoms with Crippen LogP contribution in [0.1, 0.15) is 50.7 Å². The number of aryl methyl sites for hydroxylation is 1. The predicted molar refractivity (Wildman–Crippen MR) is 78.1 cm³/mol. The predicted octanol–water partition coefficient (Wildman–Crippen LogP) is 2.77. The molecule has 3 nitrogen and oxygen atoms in total. The maximum Gasteiger partial charge on any atom is 0.227 e. The van der Waals surface area contributed by atoms with Gasteiger partial charge in [-0.25, -0.2) is 0 Å². The van der Waals surface area contributed by atoms with Crippen LogP contribution in [0.25, 0.3) is 0 Å². The Morgan fingerprint density at radius 1 is 1.47 bits per heavy atom. The third-order valence-electron chi connectivity index (χ3n) is 3.80. The van der Waals surface area contributed by atoms with Gasteiger partial charge in [0.05, 0.1) is 5.92 Å². The highest BCUT2D eigenvalue weighted by Gasteiger charge is 2.26. The van der Waals surface area contributed by atoms with Gasteiger partial charge in [0.25, 0.3) is 0 Å². The van der Waals surface area contributed by atoms with Crippen molar-refractivity contribution < 1.29 is 9.90 Å². The largest absolute Gasteiger partial charge is 0.396 e. The lowest BCUT2D eigenvalue weighted by molar-refractivity contribution is -0.124. The monoisotopic (exact) mass is 263 g/mol. The van der Waals surface area contributed by atoms with Crippen molar-refractivity contribution in [3.8, 4) is 0 Å². The van der Waals surface area contributed by atoms with Crippen LogP contribution >= 0.6 is 0 Å². The molecule has 0 saturated carbocycles. The number of nitrogens with one attached hydrogen (secondary N) is 1. The van der Waals surface area contributed by atoms with E-state index in [0.717, 1.165) is 17.5 Å². The third-order valence-corrected chi connectivity index (χ3v) is 3.80. The maximum atomic E-state index is 12.3. The lowest BCUT2D eigenvalue weighted by Gasteiger charge is -2.30. The molecular formula is C16H25NO2. The molecule has 0 bridgehead atoms. The van der Waals surface area contributed by atoms with Crippen LogP contribution in [-0.2, 0) is 4.79 Å². The minimum atomic E-state index is -0.329. The Morgan fingerprint density at radius 2 is 2.16 bits per heavy atom. The summed E-state index contributed by atoms with van der Waals surface area (Å²) in [4.78, 5) is 12.3. The normalized spacial score (nSPS) is 15.6. The first-order valence-electron chi connectivity index (χ1n) is 6.91.